The lowest BCUT2D eigenvalue weighted by Gasteiger charge is -2.38. The summed E-state index contributed by atoms with van der Waals surface area (Å²) >= 11 is 6.44. The molecule has 3 aliphatic heterocycles. The zero-order valence-corrected chi connectivity index (χ0v) is 35.4. The van der Waals surface area contributed by atoms with Crippen LogP contribution in [0.15, 0.2) is 36.4 Å². The van der Waals surface area contributed by atoms with E-state index in [2.05, 4.69) is 24.1 Å². The van der Waals surface area contributed by atoms with Crippen LogP contribution in [0.3, 0.4) is 0 Å². The highest BCUT2D eigenvalue weighted by molar-refractivity contribution is 6.33. The fourth-order valence-electron chi connectivity index (χ4n) is 8.40. The number of ether oxygens (including phenoxy) is 2. The molecule has 57 heavy (non-hydrogen) atoms. The maximum atomic E-state index is 14.1. The standard InChI is InChI=1S/C44H65ClN6O6/c1-5-6-7-10-27-56-40(52)19-23-49-21-14-34(15-22-49)31(2)13-20-48(4)42(53)39(30-33-28-32(3)41(46)37(45)29-33)57-44(55)50-24-17-36(18-25-50)51-26-16-35-11-8-9-12-38(35)47-43(51)54/h8-9,11-12,28-29,31,34,36,39H,5-7,10,13-27,30,46H2,1-4H3,(H,47,54)/t31?,39-/m1/s1. The molecule has 314 valence electrons. The third-order valence-corrected chi connectivity index (χ3v) is 12.6. The van der Waals surface area contributed by atoms with Crippen molar-refractivity contribution in [3.8, 4) is 0 Å². The zero-order chi connectivity index (χ0) is 40.9. The molecule has 0 spiro atoms. The number of unbranched alkanes of at least 4 members (excludes halogenated alkanes) is 3. The molecule has 4 amide bonds. The minimum Gasteiger partial charge on any atom is -0.466 e. The Kier molecular flexibility index (Phi) is 16.7. The maximum absolute atomic E-state index is 14.1. The molecule has 12 nitrogen and oxygen atoms in total. The van der Waals surface area contributed by atoms with Gasteiger partial charge in [0.25, 0.3) is 5.91 Å². The summed E-state index contributed by atoms with van der Waals surface area (Å²) in [6.07, 6.45) is 8.32. The van der Waals surface area contributed by atoms with Gasteiger partial charge in [-0.25, -0.2) is 9.59 Å². The topological polar surface area (TPSA) is 138 Å². The molecule has 0 bridgehead atoms. The monoisotopic (exact) mass is 808 g/mol. The van der Waals surface area contributed by atoms with Gasteiger partial charge in [0.2, 0.25) is 0 Å². The van der Waals surface area contributed by atoms with E-state index in [1.165, 1.54) is 6.42 Å². The van der Waals surface area contributed by atoms with Crippen LogP contribution in [0.4, 0.5) is 21.0 Å². The molecule has 2 atom stereocenters. The van der Waals surface area contributed by atoms with Crippen LogP contribution in [0, 0.1) is 18.8 Å². The number of hydrogen-bond acceptors (Lipinski definition) is 8. The lowest BCUT2D eigenvalue weighted by molar-refractivity contribution is -0.144. The van der Waals surface area contributed by atoms with Crippen LogP contribution < -0.4 is 11.1 Å². The first-order valence-corrected chi connectivity index (χ1v) is 21.6. The molecular weight excluding hydrogens is 744 g/mol. The van der Waals surface area contributed by atoms with Crippen LogP contribution >= 0.6 is 11.6 Å². The van der Waals surface area contributed by atoms with E-state index < -0.39 is 12.2 Å². The van der Waals surface area contributed by atoms with Crippen molar-refractivity contribution in [2.45, 2.75) is 110 Å². The number of rotatable bonds is 17. The molecule has 5 rings (SSSR count). The smallest absolute Gasteiger partial charge is 0.410 e. The number of anilines is 2. The number of urea groups is 1. The summed E-state index contributed by atoms with van der Waals surface area (Å²) in [5.41, 5.74) is 10.1. The minimum absolute atomic E-state index is 0.00486. The predicted molar refractivity (Wildman–Crippen MR) is 225 cm³/mol. The van der Waals surface area contributed by atoms with E-state index in [9.17, 15) is 19.2 Å². The fourth-order valence-corrected chi connectivity index (χ4v) is 8.69. The number of para-hydroxylation sites is 1. The van der Waals surface area contributed by atoms with Gasteiger partial charge >= 0.3 is 18.1 Å². The summed E-state index contributed by atoms with van der Waals surface area (Å²) in [7, 11) is 1.78. The quantitative estimate of drug-likeness (QED) is 0.0951. The van der Waals surface area contributed by atoms with Crippen molar-refractivity contribution in [1.82, 2.24) is 19.6 Å². The molecule has 2 saturated heterocycles. The van der Waals surface area contributed by atoms with Crippen LogP contribution in [-0.2, 0) is 31.9 Å². The van der Waals surface area contributed by atoms with Crippen molar-refractivity contribution in [2.75, 3.05) is 70.5 Å². The van der Waals surface area contributed by atoms with Gasteiger partial charge in [0.1, 0.15) is 0 Å². The number of esters is 1. The fraction of sp³-hybridized carbons (Fsp3) is 0.636. The Bertz CT molecular complexity index is 1640. The van der Waals surface area contributed by atoms with Gasteiger partial charge in [-0.3, -0.25) is 9.59 Å². The second-order valence-corrected chi connectivity index (χ2v) is 16.8. The number of amides is 4. The van der Waals surface area contributed by atoms with E-state index in [0.29, 0.717) is 74.6 Å². The summed E-state index contributed by atoms with van der Waals surface area (Å²) in [6, 6.07) is 11.4. The molecule has 0 saturated carbocycles. The SMILES string of the molecule is CCCCCCOC(=O)CCN1CCC(C(C)CCN(C)C(=O)[C@@H](Cc2cc(C)c(N)c(Cl)c2)OC(=O)N2CCC(N3CCc4ccccc4NC3=O)CC2)CC1. The second-order valence-electron chi connectivity index (χ2n) is 16.4. The van der Waals surface area contributed by atoms with Crippen molar-refractivity contribution in [1.29, 1.82) is 0 Å². The lowest BCUT2D eigenvalue weighted by Crippen LogP contribution is -2.51. The van der Waals surface area contributed by atoms with E-state index in [-0.39, 0.29) is 30.4 Å². The Hall–Kier alpha value is -4.03. The van der Waals surface area contributed by atoms with Crippen LogP contribution in [0.5, 0.6) is 0 Å². The lowest BCUT2D eigenvalue weighted by atomic mass is 9.83. The number of carbonyl (C=O) groups excluding carboxylic acids is 4. The zero-order valence-electron chi connectivity index (χ0n) is 34.6. The normalized spacial score (nSPS) is 17.9. The van der Waals surface area contributed by atoms with Gasteiger partial charge in [-0.15, -0.1) is 0 Å². The Labute approximate surface area is 344 Å². The van der Waals surface area contributed by atoms with Crippen LogP contribution in [-0.4, -0.2) is 115 Å². The number of benzene rings is 2. The van der Waals surface area contributed by atoms with Gasteiger partial charge in [0.05, 0.1) is 23.7 Å². The maximum Gasteiger partial charge on any atom is 0.410 e. The molecule has 13 heteroatoms. The van der Waals surface area contributed by atoms with E-state index in [1.54, 1.807) is 22.9 Å². The first kappa shape index (κ1) is 44.1. The number of fused-ring (bicyclic) bond motifs is 1. The largest absolute Gasteiger partial charge is 0.466 e. The molecular formula is C44H65ClN6O6. The van der Waals surface area contributed by atoms with Gasteiger partial charge in [-0.05, 0) is 106 Å². The number of likely N-dealkylation sites (N-methyl/N-ethyl adjacent to an activating group) is 1. The third kappa shape index (κ3) is 12.7. The van der Waals surface area contributed by atoms with Gasteiger partial charge < -0.3 is 40.1 Å². The number of nitrogen functional groups attached to an aromatic ring is 1. The van der Waals surface area contributed by atoms with Gasteiger partial charge in [0.15, 0.2) is 6.10 Å². The highest BCUT2D eigenvalue weighted by Crippen LogP contribution is 2.29. The number of nitrogens with one attached hydrogen (secondary N) is 1. The van der Waals surface area contributed by atoms with Gasteiger partial charge in [0, 0.05) is 57.9 Å². The molecule has 2 aromatic rings. The molecule has 1 unspecified atom stereocenters. The molecule has 0 aromatic heterocycles. The molecule has 0 aliphatic carbocycles. The summed E-state index contributed by atoms with van der Waals surface area (Å²) in [5.74, 6) is 0.562. The summed E-state index contributed by atoms with van der Waals surface area (Å²) in [4.78, 5) is 60.7. The Morgan fingerprint density at radius 2 is 1.75 bits per heavy atom. The first-order chi connectivity index (χ1) is 27.4. The predicted octanol–water partition coefficient (Wildman–Crippen LogP) is 7.54. The summed E-state index contributed by atoms with van der Waals surface area (Å²) < 4.78 is 11.5. The summed E-state index contributed by atoms with van der Waals surface area (Å²) in [6.45, 7) is 11.4. The van der Waals surface area contributed by atoms with Crippen molar-refractivity contribution in [3.63, 3.8) is 0 Å². The molecule has 3 heterocycles. The number of hydrogen-bond donors (Lipinski definition) is 2. The highest BCUT2D eigenvalue weighted by atomic mass is 35.5. The number of nitrogens with two attached hydrogens (primary N) is 1. The Balaban J connectivity index is 1.11. The second kappa shape index (κ2) is 21.6. The molecule has 2 aromatic carbocycles. The van der Waals surface area contributed by atoms with Crippen molar-refractivity contribution in [3.05, 3.63) is 58.1 Å². The van der Waals surface area contributed by atoms with Crippen molar-refractivity contribution in [2.24, 2.45) is 11.8 Å². The first-order valence-electron chi connectivity index (χ1n) is 21.2. The molecule has 3 N–H and O–H groups in total. The Morgan fingerprint density at radius 1 is 1.02 bits per heavy atom. The summed E-state index contributed by atoms with van der Waals surface area (Å²) in [5, 5.41) is 3.45. The van der Waals surface area contributed by atoms with Crippen LogP contribution in [0.1, 0.15) is 94.7 Å². The number of aryl methyl sites for hydroxylation is 1. The van der Waals surface area contributed by atoms with Crippen molar-refractivity contribution >= 4 is 47.0 Å². The number of likely N-dealkylation sites (tertiary alicyclic amines) is 2. The van der Waals surface area contributed by atoms with E-state index in [0.717, 1.165) is 87.0 Å². The highest BCUT2D eigenvalue weighted by Gasteiger charge is 2.35. The third-order valence-electron chi connectivity index (χ3n) is 12.3. The molecule has 2 fully saturated rings. The molecule has 0 radical (unpaired) electrons. The van der Waals surface area contributed by atoms with E-state index >= 15 is 0 Å². The van der Waals surface area contributed by atoms with Gasteiger partial charge in [-0.1, -0.05) is 69.0 Å². The average molecular weight is 809 g/mol. The van der Waals surface area contributed by atoms with Crippen LogP contribution in [0.2, 0.25) is 5.02 Å². The molecule has 3 aliphatic rings. The van der Waals surface area contributed by atoms with Crippen LogP contribution in [0.25, 0.3) is 0 Å². The number of nitrogens with zero attached hydrogens (tertiary/aromatic N) is 4. The van der Waals surface area contributed by atoms with E-state index in [4.69, 9.17) is 26.8 Å². The van der Waals surface area contributed by atoms with Crippen molar-refractivity contribution < 1.29 is 28.7 Å². The number of piperidine rings is 2. The minimum atomic E-state index is -1.05. The average Bonchev–Trinajstić information content (AvgIpc) is 3.38. The Morgan fingerprint density at radius 3 is 2.47 bits per heavy atom. The van der Waals surface area contributed by atoms with E-state index in [1.807, 2.05) is 42.2 Å². The number of halogens is 1. The van der Waals surface area contributed by atoms with Gasteiger partial charge in [-0.2, -0.15) is 0 Å². The number of carbonyl (C=O) groups is 4.